The summed E-state index contributed by atoms with van der Waals surface area (Å²) in [6.07, 6.45) is 7.17. The van der Waals surface area contributed by atoms with E-state index in [0.29, 0.717) is 13.2 Å². The molecule has 0 N–H and O–H groups in total. The fraction of sp³-hybridized carbons (Fsp3) is 0.476. The van der Waals surface area contributed by atoms with Crippen LogP contribution in [0, 0.1) is 0 Å². The van der Waals surface area contributed by atoms with E-state index in [9.17, 15) is 0 Å². The normalized spacial score (nSPS) is 27.0. The van der Waals surface area contributed by atoms with Crippen LogP contribution in [0.2, 0.25) is 0 Å². The Hall–Kier alpha value is -1.75. The monoisotopic (exact) mass is 338 g/mol. The summed E-state index contributed by atoms with van der Waals surface area (Å²) >= 11 is 0. The molecule has 0 saturated carbocycles. The van der Waals surface area contributed by atoms with Gasteiger partial charge in [-0.25, -0.2) is 0 Å². The van der Waals surface area contributed by atoms with Gasteiger partial charge >= 0.3 is 0 Å². The van der Waals surface area contributed by atoms with Crippen LogP contribution >= 0.6 is 0 Å². The molecule has 2 aromatic rings. The minimum Gasteiger partial charge on any atom is -0.371 e. The van der Waals surface area contributed by atoms with Gasteiger partial charge in [0.15, 0.2) is 0 Å². The number of ether oxygens (including phenoxy) is 2. The third-order valence-corrected chi connectivity index (χ3v) is 5.28. The van der Waals surface area contributed by atoms with Gasteiger partial charge in [-0.3, -0.25) is 9.88 Å². The third kappa shape index (κ3) is 4.27. The SMILES string of the molecule is c1ccc(CN2CCC[C@@]3(C[C@H](OCc4ccncc4)CO3)C2)cc1. The van der Waals surface area contributed by atoms with Crippen LogP contribution in [0.1, 0.15) is 30.4 Å². The molecule has 2 atom stereocenters. The van der Waals surface area contributed by atoms with E-state index in [1.54, 1.807) is 0 Å². The zero-order chi connectivity index (χ0) is 17.0. The molecule has 25 heavy (non-hydrogen) atoms. The number of aromatic nitrogens is 1. The molecular formula is C21H26N2O2. The summed E-state index contributed by atoms with van der Waals surface area (Å²) in [5.41, 5.74) is 2.53. The summed E-state index contributed by atoms with van der Waals surface area (Å²) in [6, 6.07) is 14.7. The van der Waals surface area contributed by atoms with Gasteiger partial charge in [-0.1, -0.05) is 30.3 Å². The number of nitrogens with zero attached hydrogens (tertiary/aromatic N) is 2. The maximum Gasteiger partial charge on any atom is 0.0841 e. The van der Waals surface area contributed by atoms with Crippen LogP contribution in [0.15, 0.2) is 54.9 Å². The van der Waals surface area contributed by atoms with Crippen molar-refractivity contribution in [1.29, 1.82) is 0 Å². The van der Waals surface area contributed by atoms with E-state index < -0.39 is 0 Å². The summed E-state index contributed by atoms with van der Waals surface area (Å²) in [5.74, 6) is 0. The van der Waals surface area contributed by atoms with Crippen molar-refractivity contribution >= 4 is 0 Å². The Balaban J connectivity index is 1.31. The Bertz CT molecular complexity index is 664. The van der Waals surface area contributed by atoms with Gasteiger partial charge in [-0.05, 0) is 42.6 Å². The highest BCUT2D eigenvalue weighted by molar-refractivity contribution is 5.15. The number of piperidine rings is 1. The molecular weight excluding hydrogens is 312 g/mol. The number of rotatable bonds is 5. The fourth-order valence-electron chi connectivity index (χ4n) is 4.05. The quantitative estimate of drug-likeness (QED) is 0.837. The molecule has 0 bridgehead atoms. The molecule has 132 valence electrons. The molecule has 4 rings (SSSR count). The first kappa shape index (κ1) is 16.7. The van der Waals surface area contributed by atoms with E-state index in [1.807, 2.05) is 24.5 Å². The van der Waals surface area contributed by atoms with Crippen LogP contribution in [-0.2, 0) is 22.6 Å². The Morgan fingerprint density at radius 2 is 1.96 bits per heavy atom. The summed E-state index contributed by atoms with van der Waals surface area (Å²) in [5, 5.41) is 0. The average Bonchev–Trinajstić information content (AvgIpc) is 3.04. The maximum atomic E-state index is 6.27. The van der Waals surface area contributed by atoms with E-state index >= 15 is 0 Å². The molecule has 0 radical (unpaired) electrons. The van der Waals surface area contributed by atoms with Gasteiger partial charge in [0.05, 0.1) is 24.9 Å². The first-order chi connectivity index (χ1) is 12.3. The Kier molecular flexibility index (Phi) is 5.11. The third-order valence-electron chi connectivity index (χ3n) is 5.28. The molecule has 0 unspecified atom stereocenters. The van der Waals surface area contributed by atoms with Gasteiger partial charge in [0.1, 0.15) is 0 Å². The van der Waals surface area contributed by atoms with Gasteiger partial charge < -0.3 is 9.47 Å². The van der Waals surface area contributed by atoms with Crippen molar-refractivity contribution in [3.8, 4) is 0 Å². The topological polar surface area (TPSA) is 34.6 Å². The van der Waals surface area contributed by atoms with Gasteiger partial charge in [-0.2, -0.15) is 0 Å². The Morgan fingerprint density at radius 3 is 2.80 bits per heavy atom. The second kappa shape index (κ2) is 7.65. The molecule has 2 saturated heterocycles. The lowest BCUT2D eigenvalue weighted by atomic mass is 9.89. The number of hydrogen-bond acceptors (Lipinski definition) is 4. The van der Waals surface area contributed by atoms with E-state index in [-0.39, 0.29) is 11.7 Å². The standard InChI is InChI=1S/C21H26N2O2/c1-2-5-18(6-3-1)14-23-12-4-9-21(17-23)13-20(16-25-21)24-15-19-7-10-22-11-8-19/h1-3,5-8,10-11,20H,4,9,12-17H2/t20-,21+/m0/s1. The van der Waals surface area contributed by atoms with Crippen LogP contribution in [-0.4, -0.2) is 41.3 Å². The van der Waals surface area contributed by atoms with Crippen LogP contribution in [0.5, 0.6) is 0 Å². The lowest BCUT2D eigenvalue weighted by molar-refractivity contribution is -0.0548. The van der Waals surface area contributed by atoms with E-state index in [2.05, 4.69) is 40.2 Å². The first-order valence-corrected chi connectivity index (χ1v) is 9.22. The van der Waals surface area contributed by atoms with Crippen molar-refractivity contribution in [2.45, 2.75) is 44.1 Å². The molecule has 4 heteroatoms. The minimum absolute atomic E-state index is 0.0179. The summed E-state index contributed by atoms with van der Waals surface area (Å²) < 4.78 is 12.4. The van der Waals surface area contributed by atoms with Crippen molar-refractivity contribution in [3.63, 3.8) is 0 Å². The smallest absolute Gasteiger partial charge is 0.0841 e. The van der Waals surface area contributed by atoms with Crippen LogP contribution in [0.3, 0.4) is 0 Å². The highest BCUT2D eigenvalue weighted by Crippen LogP contribution is 2.36. The zero-order valence-corrected chi connectivity index (χ0v) is 14.6. The Morgan fingerprint density at radius 1 is 1.12 bits per heavy atom. The lowest BCUT2D eigenvalue weighted by Gasteiger charge is -2.39. The van der Waals surface area contributed by atoms with Gasteiger partial charge in [-0.15, -0.1) is 0 Å². The zero-order valence-electron chi connectivity index (χ0n) is 14.6. The minimum atomic E-state index is -0.0179. The second-order valence-corrected chi connectivity index (χ2v) is 7.29. The van der Waals surface area contributed by atoms with E-state index in [4.69, 9.17) is 9.47 Å². The summed E-state index contributed by atoms with van der Waals surface area (Å²) in [4.78, 5) is 6.58. The molecule has 0 aliphatic carbocycles. The number of likely N-dealkylation sites (tertiary alicyclic amines) is 1. The number of benzene rings is 1. The van der Waals surface area contributed by atoms with Gasteiger partial charge in [0.25, 0.3) is 0 Å². The summed E-state index contributed by atoms with van der Waals surface area (Å²) in [7, 11) is 0. The number of hydrogen-bond donors (Lipinski definition) is 0. The van der Waals surface area contributed by atoms with Crippen LogP contribution < -0.4 is 0 Å². The molecule has 1 aromatic heterocycles. The largest absolute Gasteiger partial charge is 0.371 e. The molecule has 3 heterocycles. The van der Waals surface area contributed by atoms with Gasteiger partial charge in [0, 0.05) is 31.9 Å². The van der Waals surface area contributed by atoms with Crippen molar-refractivity contribution in [3.05, 3.63) is 66.0 Å². The van der Waals surface area contributed by atoms with Crippen LogP contribution in [0.4, 0.5) is 0 Å². The summed E-state index contributed by atoms with van der Waals surface area (Å²) in [6.45, 7) is 4.53. The molecule has 2 aliphatic heterocycles. The van der Waals surface area contributed by atoms with Crippen molar-refractivity contribution in [1.82, 2.24) is 9.88 Å². The van der Waals surface area contributed by atoms with Crippen molar-refractivity contribution in [2.75, 3.05) is 19.7 Å². The second-order valence-electron chi connectivity index (χ2n) is 7.29. The van der Waals surface area contributed by atoms with E-state index in [0.717, 1.165) is 32.5 Å². The highest BCUT2D eigenvalue weighted by atomic mass is 16.6. The molecule has 1 spiro atoms. The van der Waals surface area contributed by atoms with Crippen LogP contribution in [0.25, 0.3) is 0 Å². The Labute approximate surface area is 149 Å². The highest BCUT2D eigenvalue weighted by Gasteiger charge is 2.43. The van der Waals surface area contributed by atoms with Gasteiger partial charge in [0.2, 0.25) is 0 Å². The first-order valence-electron chi connectivity index (χ1n) is 9.22. The predicted molar refractivity (Wildman–Crippen MR) is 97.1 cm³/mol. The maximum absolute atomic E-state index is 6.27. The fourth-order valence-corrected chi connectivity index (χ4v) is 4.05. The molecule has 1 aromatic carbocycles. The molecule has 0 amide bonds. The number of pyridine rings is 1. The van der Waals surface area contributed by atoms with E-state index in [1.165, 1.54) is 17.5 Å². The average molecular weight is 338 g/mol. The lowest BCUT2D eigenvalue weighted by Crippen LogP contribution is -2.47. The molecule has 2 fully saturated rings. The predicted octanol–water partition coefficient (Wildman–Crippen LogP) is 3.42. The molecule has 4 nitrogen and oxygen atoms in total. The van der Waals surface area contributed by atoms with Crippen molar-refractivity contribution in [2.24, 2.45) is 0 Å². The molecule has 2 aliphatic rings. The van der Waals surface area contributed by atoms with Crippen molar-refractivity contribution < 1.29 is 9.47 Å².